The fraction of sp³-hybridized carbons (Fsp3) is 0.556. The average Bonchev–Trinajstić information content (AvgIpc) is 3.17. The number of rotatable bonds is 9. The Balaban J connectivity index is 1.87. The van der Waals surface area contributed by atoms with Crippen molar-refractivity contribution in [3.63, 3.8) is 0 Å². The highest BCUT2D eigenvalue weighted by atomic mass is 32.1. The monoisotopic (exact) mass is 333 g/mol. The lowest BCUT2D eigenvalue weighted by atomic mass is 9.97. The molecule has 23 heavy (non-hydrogen) atoms. The van der Waals surface area contributed by atoms with Crippen LogP contribution >= 0.6 is 11.3 Å². The van der Waals surface area contributed by atoms with E-state index in [1.807, 2.05) is 10.7 Å². The molecular formula is C18H27N3OS. The van der Waals surface area contributed by atoms with Gasteiger partial charge in [-0.1, -0.05) is 32.8 Å². The second-order valence-electron chi connectivity index (χ2n) is 5.94. The lowest BCUT2D eigenvalue weighted by Gasteiger charge is -2.15. The van der Waals surface area contributed by atoms with E-state index in [-0.39, 0.29) is 11.8 Å². The van der Waals surface area contributed by atoms with Crippen LogP contribution in [0.1, 0.15) is 45.2 Å². The number of hydrogen-bond acceptors (Lipinski definition) is 3. The topological polar surface area (TPSA) is 46.9 Å². The highest BCUT2D eigenvalue weighted by molar-refractivity contribution is 7.13. The minimum atomic E-state index is 0.158. The first-order valence-electron chi connectivity index (χ1n) is 8.51. The number of nitrogens with zero attached hydrogens (tertiary/aromatic N) is 2. The van der Waals surface area contributed by atoms with Crippen LogP contribution in [0.15, 0.2) is 23.6 Å². The molecule has 0 unspecified atom stereocenters. The predicted octanol–water partition coefficient (Wildman–Crippen LogP) is 4.25. The van der Waals surface area contributed by atoms with Crippen molar-refractivity contribution in [2.24, 2.45) is 5.92 Å². The van der Waals surface area contributed by atoms with Crippen LogP contribution in [-0.4, -0.2) is 22.2 Å². The Kier molecular flexibility index (Phi) is 6.84. The fourth-order valence-corrected chi connectivity index (χ4v) is 3.50. The summed E-state index contributed by atoms with van der Waals surface area (Å²) in [4.78, 5) is 13.4. The summed E-state index contributed by atoms with van der Waals surface area (Å²) in [7, 11) is 0. The van der Waals surface area contributed by atoms with Crippen molar-refractivity contribution in [2.45, 2.75) is 53.0 Å². The standard InChI is InChI=1S/C18H27N3OS/c1-4-7-15(8-5-2)18(22)19-10-11-21-14(3)13-16(20-21)17-9-6-12-23-17/h6,9,12-13,15H,4-5,7-8,10-11H2,1-3H3,(H,19,22). The molecule has 0 radical (unpaired) electrons. The summed E-state index contributed by atoms with van der Waals surface area (Å²) in [5.74, 6) is 0.349. The fourth-order valence-electron chi connectivity index (χ4n) is 2.81. The highest BCUT2D eigenvalue weighted by Crippen LogP contribution is 2.23. The second kappa shape index (κ2) is 8.87. The van der Waals surface area contributed by atoms with E-state index in [9.17, 15) is 4.79 Å². The Morgan fingerprint density at radius 3 is 2.70 bits per heavy atom. The summed E-state index contributed by atoms with van der Waals surface area (Å²) >= 11 is 1.70. The maximum Gasteiger partial charge on any atom is 0.223 e. The van der Waals surface area contributed by atoms with Crippen LogP contribution in [0.3, 0.4) is 0 Å². The molecular weight excluding hydrogens is 306 g/mol. The normalized spacial score (nSPS) is 11.1. The van der Waals surface area contributed by atoms with Gasteiger partial charge < -0.3 is 5.32 Å². The first kappa shape index (κ1) is 17.7. The number of carbonyl (C=O) groups excluding carboxylic acids is 1. The van der Waals surface area contributed by atoms with Gasteiger partial charge in [-0.05, 0) is 37.3 Å². The van der Waals surface area contributed by atoms with Crippen LogP contribution in [0.2, 0.25) is 0 Å². The number of aryl methyl sites for hydroxylation is 1. The lowest BCUT2D eigenvalue weighted by Crippen LogP contribution is -2.33. The van der Waals surface area contributed by atoms with E-state index >= 15 is 0 Å². The Morgan fingerprint density at radius 1 is 1.35 bits per heavy atom. The maximum absolute atomic E-state index is 12.3. The van der Waals surface area contributed by atoms with Crippen molar-refractivity contribution in [2.75, 3.05) is 6.54 Å². The van der Waals surface area contributed by atoms with Crippen molar-refractivity contribution in [3.8, 4) is 10.6 Å². The largest absolute Gasteiger partial charge is 0.354 e. The summed E-state index contributed by atoms with van der Waals surface area (Å²) in [5, 5.41) is 9.78. The molecule has 4 nitrogen and oxygen atoms in total. The maximum atomic E-state index is 12.3. The number of hydrogen-bond donors (Lipinski definition) is 1. The van der Waals surface area contributed by atoms with Crippen molar-refractivity contribution in [3.05, 3.63) is 29.3 Å². The van der Waals surface area contributed by atoms with Gasteiger partial charge in [0.25, 0.3) is 0 Å². The van der Waals surface area contributed by atoms with E-state index in [1.165, 1.54) is 4.88 Å². The summed E-state index contributed by atoms with van der Waals surface area (Å²) < 4.78 is 1.98. The number of thiophene rings is 1. The molecule has 5 heteroatoms. The second-order valence-corrected chi connectivity index (χ2v) is 6.88. The zero-order valence-electron chi connectivity index (χ0n) is 14.3. The average molecular weight is 334 g/mol. The van der Waals surface area contributed by atoms with Crippen LogP contribution < -0.4 is 5.32 Å². The highest BCUT2D eigenvalue weighted by Gasteiger charge is 2.16. The lowest BCUT2D eigenvalue weighted by molar-refractivity contribution is -0.125. The van der Waals surface area contributed by atoms with E-state index in [0.717, 1.165) is 37.1 Å². The first-order chi connectivity index (χ1) is 11.2. The molecule has 0 saturated carbocycles. The number of nitrogens with one attached hydrogen (secondary N) is 1. The first-order valence-corrected chi connectivity index (χ1v) is 9.39. The summed E-state index contributed by atoms with van der Waals surface area (Å²) in [5.41, 5.74) is 2.14. The smallest absolute Gasteiger partial charge is 0.223 e. The third kappa shape index (κ3) is 4.93. The molecule has 0 atom stereocenters. The van der Waals surface area contributed by atoms with Gasteiger partial charge in [0, 0.05) is 18.2 Å². The Morgan fingerprint density at radius 2 is 2.09 bits per heavy atom. The van der Waals surface area contributed by atoms with Crippen molar-refractivity contribution >= 4 is 17.2 Å². The molecule has 0 aliphatic carbocycles. The SMILES string of the molecule is CCCC(CCC)C(=O)NCCn1nc(-c2cccs2)cc1C. The molecule has 0 aliphatic heterocycles. The van der Waals surface area contributed by atoms with Crippen LogP contribution in [0.4, 0.5) is 0 Å². The third-order valence-corrected chi connectivity index (χ3v) is 4.92. The minimum Gasteiger partial charge on any atom is -0.354 e. The predicted molar refractivity (Wildman–Crippen MR) is 96.6 cm³/mol. The van der Waals surface area contributed by atoms with Gasteiger partial charge in [0.2, 0.25) is 5.91 Å². The Labute approximate surface area is 142 Å². The van der Waals surface area contributed by atoms with Gasteiger partial charge in [0.05, 0.1) is 11.4 Å². The molecule has 126 valence electrons. The van der Waals surface area contributed by atoms with Crippen LogP contribution in [0, 0.1) is 12.8 Å². The van der Waals surface area contributed by atoms with Gasteiger partial charge in [0.1, 0.15) is 5.69 Å². The molecule has 0 saturated heterocycles. The third-order valence-electron chi connectivity index (χ3n) is 4.02. The molecule has 1 N–H and O–H groups in total. The minimum absolute atomic E-state index is 0.158. The molecule has 0 aliphatic rings. The van der Waals surface area contributed by atoms with Crippen LogP contribution in [0.25, 0.3) is 10.6 Å². The van der Waals surface area contributed by atoms with Crippen LogP contribution in [-0.2, 0) is 11.3 Å². The van der Waals surface area contributed by atoms with E-state index < -0.39 is 0 Å². The molecule has 2 heterocycles. The summed E-state index contributed by atoms with van der Waals surface area (Å²) in [6, 6.07) is 6.22. The van der Waals surface area contributed by atoms with Crippen molar-refractivity contribution in [1.82, 2.24) is 15.1 Å². The molecule has 2 aromatic rings. The molecule has 0 aromatic carbocycles. The molecule has 0 spiro atoms. The molecule has 2 aromatic heterocycles. The van der Waals surface area contributed by atoms with E-state index in [4.69, 9.17) is 0 Å². The van der Waals surface area contributed by atoms with Crippen LogP contribution in [0.5, 0.6) is 0 Å². The van der Waals surface area contributed by atoms with Gasteiger partial charge >= 0.3 is 0 Å². The van der Waals surface area contributed by atoms with Gasteiger partial charge in [-0.25, -0.2) is 0 Å². The molecule has 0 bridgehead atoms. The van der Waals surface area contributed by atoms with Gasteiger partial charge in [-0.2, -0.15) is 5.10 Å². The van der Waals surface area contributed by atoms with Crippen molar-refractivity contribution in [1.29, 1.82) is 0 Å². The van der Waals surface area contributed by atoms with Gasteiger partial charge in [-0.3, -0.25) is 9.48 Å². The molecule has 1 amide bonds. The van der Waals surface area contributed by atoms with E-state index in [0.29, 0.717) is 13.1 Å². The van der Waals surface area contributed by atoms with Gasteiger partial charge in [0.15, 0.2) is 0 Å². The number of amides is 1. The number of aromatic nitrogens is 2. The Bertz CT molecular complexity index is 598. The molecule has 2 rings (SSSR count). The van der Waals surface area contributed by atoms with Gasteiger partial charge in [-0.15, -0.1) is 11.3 Å². The number of carbonyl (C=O) groups is 1. The van der Waals surface area contributed by atoms with E-state index in [2.05, 4.69) is 48.7 Å². The van der Waals surface area contributed by atoms with E-state index in [1.54, 1.807) is 11.3 Å². The Hall–Kier alpha value is -1.62. The molecule has 0 fully saturated rings. The quantitative estimate of drug-likeness (QED) is 0.745. The zero-order valence-corrected chi connectivity index (χ0v) is 15.2. The van der Waals surface area contributed by atoms with Crippen molar-refractivity contribution < 1.29 is 4.79 Å². The summed E-state index contributed by atoms with van der Waals surface area (Å²) in [6.45, 7) is 7.68. The summed E-state index contributed by atoms with van der Waals surface area (Å²) in [6.07, 6.45) is 4.06. The zero-order chi connectivity index (χ0) is 16.7.